The molecule has 106 valence electrons. The molecule has 0 saturated carbocycles. The lowest BCUT2D eigenvalue weighted by Gasteiger charge is -2.14. The van der Waals surface area contributed by atoms with E-state index in [0.717, 1.165) is 7.11 Å². The van der Waals surface area contributed by atoms with Crippen LogP contribution in [0.3, 0.4) is 0 Å². The summed E-state index contributed by atoms with van der Waals surface area (Å²) in [6.07, 6.45) is -8.43. The van der Waals surface area contributed by atoms with E-state index in [-0.39, 0.29) is 5.56 Å². The number of aromatic nitrogens is 1. The molecule has 0 aliphatic heterocycles. The van der Waals surface area contributed by atoms with Crippen molar-refractivity contribution >= 4 is 17.6 Å². The molecule has 0 spiro atoms. The monoisotopic (exact) mass is 303 g/mol. The van der Waals surface area contributed by atoms with Crippen LogP contribution in [0.2, 0.25) is 5.02 Å². The molecular formula is C10H7ClF5NO2. The quantitative estimate of drug-likeness (QED) is 0.634. The molecule has 0 N–H and O–H groups in total. The zero-order chi connectivity index (χ0) is 14.8. The van der Waals surface area contributed by atoms with Gasteiger partial charge in [0.15, 0.2) is 5.69 Å². The number of pyridine rings is 1. The standard InChI is InChI=1S/C10H7ClF5NO2/c1-19-5(18)2-4-3-17-8(10(14,15)16)6(7(4)11)9(12)13/h3,9H,2H2,1H3. The predicted molar refractivity (Wildman–Crippen MR) is 54.9 cm³/mol. The van der Waals surface area contributed by atoms with Crippen molar-refractivity contribution in [2.24, 2.45) is 0 Å². The Bertz CT molecular complexity index is 490. The number of esters is 1. The van der Waals surface area contributed by atoms with E-state index in [4.69, 9.17) is 11.6 Å². The first kappa shape index (κ1) is 15.6. The molecule has 0 fully saturated rings. The fraction of sp³-hybridized carbons (Fsp3) is 0.400. The van der Waals surface area contributed by atoms with Crippen LogP contribution in [0, 0.1) is 0 Å². The number of hydrogen-bond acceptors (Lipinski definition) is 3. The van der Waals surface area contributed by atoms with Crippen LogP contribution in [0.15, 0.2) is 6.20 Å². The van der Waals surface area contributed by atoms with Gasteiger partial charge in [-0.1, -0.05) is 11.6 Å². The maximum Gasteiger partial charge on any atom is 0.433 e. The molecule has 0 aliphatic rings. The van der Waals surface area contributed by atoms with Gasteiger partial charge >= 0.3 is 12.1 Å². The van der Waals surface area contributed by atoms with Gasteiger partial charge in [0.05, 0.1) is 24.1 Å². The number of nitrogens with zero attached hydrogens (tertiary/aromatic N) is 1. The minimum absolute atomic E-state index is 0.253. The zero-order valence-corrected chi connectivity index (χ0v) is 10.1. The Kier molecular flexibility index (Phi) is 4.67. The van der Waals surface area contributed by atoms with Crippen molar-refractivity contribution in [1.29, 1.82) is 0 Å². The molecule has 0 bridgehead atoms. The van der Waals surface area contributed by atoms with Crippen LogP contribution in [-0.4, -0.2) is 18.1 Å². The molecule has 0 amide bonds. The van der Waals surface area contributed by atoms with Crippen molar-refractivity contribution in [2.75, 3.05) is 7.11 Å². The van der Waals surface area contributed by atoms with E-state index in [1.54, 1.807) is 0 Å². The number of methoxy groups -OCH3 is 1. The van der Waals surface area contributed by atoms with Crippen molar-refractivity contribution < 1.29 is 31.5 Å². The first-order valence-corrected chi connectivity index (χ1v) is 5.15. The number of alkyl halides is 5. The van der Waals surface area contributed by atoms with Crippen LogP contribution in [0.4, 0.5) is 22.0 Å². The summed E-state index contributed by atoms with van der Waals surface area (Å²) in [5, 5.41) is -0.831. The Labute approximate surface area is 109 Å². The Hall–Kier alpha value is -1.44. The lowest BCUT2D eigenvalue weighted by Crippen LogP contribution is -2.15. The third kappa shape index (κ3) is 3.52. The molecule has 19 heavy (non-hydrogen) atoms. The number of rotatable bonds is 3. The highest BCUT2D eigenvalue weighted by Crippen LogP contribution is 2.39. The molecule has 3 nitrogen and oxygen atoms in total. The van der Waals surface area contributed by atoms with Gasteiger partial charge in [0.1, 0.15) is 0 Å². The zero-order valence-electron chi connectivity index (χ0n) is 9.39. The lowest BCUT2D eigenvalue weighted by atomic mass is 10.1. The third-order valence-corrected chi connectivity index (χ3v) is 2.62. The fourth-order valence-electron chi connectivity index (χ4n) is 1.32. The smallest absolute Gasteiger partial charge is 0.433 e. The van der Waals surface area contributed by atoms with Gasteiger partial charge < -0.3 is 4.74 Å². The number of carbonyl (C=O) groups excluding carboxylic acids is 1. The summed E-state index contributed by atoms with van der Waals surface area (Å²) < 4.78 is 67.1. The first-order chi connectivity index (χ1) is 8.68. The second-order valence-corrected chi connectivity index (χ2v) is 3.79. The number of ether oxygens (including phenoxy) is 1. The van der Waals surface area contributed by atoms with Crippen molar-refractivity contribution in [1.82, 2.24) is 4.98 Å². The van der Waals surface area contributed by atoms with Gasteiger partial charge in [0.25, 0.3) is 6.43 Å². The molecule has 0 unspecified atom stereocenters. The van der Waals surface area contributed by atoms with E-state index in [1.165, 1.54) is 0 Å². The first-order valence-electron chi connectivity index (χ1n) is 4.78. The third-order valence-electron chi connectivity index (χ3n) is 2.17. The summed E-state index contributed by atoms with van der Waals surface area (Å²) in [5.74, 6) is -0.830. The summed E-state index contributed by atoms with van der Waals surface area (Å²) >= 11 is 5.49. The average molecular weight is 304 g/mol. The molecule has 1 heterocycles. The van der Waals surface area contributed by atoms with Gasteiger partial charge in [0.2, 0.25) is 0 Å². The van der Waals surface area contributed by atoms with Gasteiger partial charge in [-0.05, 0) is 0 Å². The van der Waals surface area contributed by atoms with E-state index in [0.29, 0.717) is 6.20 Å². The maximum atomic E-state index is 12.7. The molecule has 1 aromatic rings. The summed E-state index contributed by atoms with van der Waals surface area (Å²) in [4.78, 5) is 13.9. The van der Waals surface area contributed by atoms with E-state index in [9.17, 15) is 26.7 Å². The van der Waals surface area contributed by atoms with Crippen LogP contribution >= 0.6 is 11.6 Å². The Morgan fingerprint density at radius 1 is 1.47 bits per heavy atom. The number of hydrogen-bond donors (Lipinski definition) is 0. The number of carbonyl (C=O) groups is 1. The minimum Gasteiger partial charge on any atom is -0.469 e. The van der Waals surface area contributed by atoms with E-state index >= 15 is 0 Å². The van der Waals surface area contributed by atoms with Crippen LogP contribution < -0.4 is 0 Å². The largest absolute Gasteiger partial charge is 0.469 e. The highest BCUT2D eigenvalue weighted by molar-refractivity contribution is 6.32. The molecule has 1 aromatic heterocycles. The van der Waals surface area contributed by atoms with Crippen LogP contribution in [-0.2, 0) is 22.1 Å². The van der Waals surface area contributed by atoms with Crippen molar-refractivity contribution in [3.63, 3.8) is 0 Å². The second kappa shape index (κ2) is 5.68. The Morgan fingerprint density at radius 3 is 2.47 bits per heavy atom. The number of halogens is 6. The lowest BCUT2D eigenvalue weighted by molar-refractivity contribution is -0.143. The van der Waals surface area contributed by atoms with Gasteiger partial charge in [-0.25, -0.2) is 8.78 Å². The van der Waals surface area contributed by atoms with Gasteiger partial charge in [-0.2, -0.15) is 13.2 Å². The van der Waals surface area contributed by atoms with E-state index in [1.807, 2.05) is 0 Å². The molecule has 9 heteroatoms. The summed E-state index contributed by atoms with van der Waals surface area (Å²) in [6, 6.07) is 0. The fourth-order valence-corrected chi connectivity index (χ4v) is 1.61. The van der Waals surface area contributed by atoms with Crippen molar-refractivity contribution in [2.45, 2.75) is 19.0 Å². The second-order valence-electron chi connectivity index (χ2n) is 3.41. The topological polar surface area (TPSA) is 39.2 Å². The molecule has 0 saturated heterocycles. The molecule has 0 aliphatic carbocycles. The average Bonchev–Trinajstić information content (AvgIpc) is 2.29. The Morgan fingerprint density at radius 2 is 2.05 bits per heavy atom. The van der Waals surface area contributed by atoms with Gasteiger partial charge in [-0.15, -0.1) is 0 Å². The Balaban J connectivity index is 3.35. The van der Waals surface area contributed by atoms with Crippen LogP contribution in [0.1, 0.15) is 23.2 Å². The highest BCUT2D eigenvalue weighted by atomic mass is 35.5. The molecule has 0 aromatic carbocycles. The molecule has 1 rings (SSSR count). The van der Waals surface area contributed by atoms with E-state index in [2.05, 4.69) is 9.72 Å². The van der Waals surface area contributed by atoms with Crippen molar-refractivity contribution in [3.05, 3.63) is 28.0 Å². The van der Waals surface area contributed by atoms with Gasteiger partial charge in [-0.3, -0.25) is 9.78 Å². The van der Waals surface area contributed by atoms with Gasteiger partial charge in [0, 0.05) is 11.8 Å². The predicted octanol–water partition coefficient (Wildman–Crippen LogP) is 3.41. The molecule has 0 atom stereocenters. The molecule has 0 radical (unpaired) electrons. The van der Waals surface area contributed by atoms with E-state index < -0.39 is 41.3 Å². The maximum absolute atomic E-state index is 12.7. The van der Waals surface area contributed by atoms with Crippen molar-refractivity contribution in [3.8, 4) is 0 Å². The van der Waals surface area contributed by atoms with Crippen LogP contribution in [0.25, 0.3) is 0 Å². The summed E-state index contributed by atoms with van der Waals surface area (Å²) in [5.41, 5.74) is -3.45. The summed E-state index contributed by atoms with van der Waals surface area (Å²) in [7, 11) is 1.04. The molecular weight excluding hydrogens is 297 g/mol. The highest BCUT2D eigenvalue weighted by Gasteiger charge is 2.39. The normalized spacial score (nSPS) is 11.8. The summed E-state index contributed by atoms with van der Waals surface area (Å²) in [6.45, 7) is 0. The minimum atomic E-state index is -5.06. The SMILES string of the molecule is COC(=O)Cc1cnc(C(F)(F)F)c(C(F)F)c1Cl. The van der Waals surface area contributed by atoms with Crippen LogP contribution in [0.5, 0.6) is 0 Å².